The van der Waals surface area contributed by atoms with E-state index in [9.17, 15) is 19.1 Å². The number of benzene rings is 3. The number of primary amides is 1. The number of rotatable bonds is 4. The molecule has 0 heterocycles. The first-order valence-corrected chi connectivity index (χ1v) is 7.70. The summed E-state index contributed by atoms with van der Waals surface area (Å²) in [6.07, 6.45) is -0.200. The molecule has 3 aromatic rings. The largest absolute Gasteiger partial charge is 0.481 e. The first-order valence-electron chi connectivity index (χ1n) is 7.70. The minimum Gasteiger partial charge on any atom is -0.481 e. The van der Waals surface area contributed by atoms with Gasteiger partial charge >= 0.3 is 5.97 Å². The molecule has 0 atom stereocenters. The second-order valence-corrected chi connectivity index (χ2v) is 5.93. The minimum atomic E-state index is -0.980. The Hall–Kier alpha value is -3.21. The van der Waals surface area contributed by atoms with Gasteiger partial charge in [0.25, 0.3) is 0 Å². The van der Waals surface area contributed by atoms with E-state index in [2.05, 4.69) is 0 Å². The summed E-state index contributed by atoms with van der Waals surface area (Å²) in [5, 5.41) is 11.0. The molecule has 3 aromatic carbocycles. The van der Waals surface area contributed by atoms with Crippen LogP contribution < -0.4 is 5.73 Å². The summed E-state index contributed by atoms with van der Waals surface area (Å²) in [7, 11) is 0. The lowest BCUT2D eigenvalue weighted by atomic mass is 9.88. The van der Waals surface area contributed by atoms with Crippen molar-refractivity contribution in [3.63, 3.8) is 0 Å². The van der Waals surface area contributed by atoms with E-state index in [1.54, 1.807) is 0 Å². The number of carbonyl (C=O) groups is 2. The van der Waals surface area contributed by atoms with Gasteiger partial charge in [0.2, 0.25) is 5.91 Å². The molecular weight excluding hydrogens is 321 g/mol. The zero-order valence-electron chi connectivity index (χ0n) is 13.5. The van der Waals surface area contributed by atoms with Crippen LogP contribution in [0.15, 0.2) is 48.5 Å². The van der Waals surface area contributed by atoms with Gasteiger partial charge in [0.05, 0.1) is 6.42 Å². The van der Waals surface area contributed by atoms with E-state index in [-0.39, 0.29) is 12.0 Å². The third kappa shape index (κ3) is 3.21. The van der Waals surface area contributed by atoms with Crippen molar-refractivity contribution in [1.29, 1.82) is 0 Å². The van der Waals surface area contributed by atoms with Crippen LogP contribution in [-0.4, -0.2) is 17.0 Å². The van der Waals surface area contributed by atoms with Crippen LogP contribution in [0.25, 0.3) is 21.9 Å². The van der Waals surface area contributed by atoms with Crippen LogP contribution in [0.4, 0.5) is 4.39 Å². The Labute approximate surface area is 143 Å². The molecule has 0 saturated heterocycles. The van der Waals surface area contributed by atoms with Gasteiger partial charge in [-0.25, -0.2) is 4.39 Å². The third-order valence-corrected chi connectivity index (χ3v) is 4.18. The number of carboxylic acid groups (broad SMARTS) is 1. The third-order valence-electron chi connectivity index (χ3n) is 4.18. The van der Waals surface area contributed by atoms with E-state index < -0.39 is 17.7 Å². The molecule has 0 radical (unpaired) electrons. The molecule has 3 N–H and O–H groups in total. The summed E-state index contributed by atoms with van der Waals surface area (Å²) in [6.45, 7) is 1.82. The standard InChI is InChI=1S/C20H16FNO3/c1-11-6-12-4-2-3-5-16(12)19(17(11)10-18(23)24)13-7-14(20(22)25)9-15(21)8-13/h2-9H,10H2,1H3,(H2,22,25)(H,23,24). The normalized spacial score (nSPS) is 10.8. The van der Waals surface area contributed by atoms with Crippen molar-refractivity contribution < 1.29 is 19.1 Å². The first kappa shape index (κ1) is 16.6. The Bertz CT molecular complexity index is 1010. The predicted molar refractivity (Wildman–Crippen MR) is 93.9 cm³/mol. The number of halogens is 1. The highest BCUT2D eigenvalue weighted by atomic mass is 19.1. The lowest BCUT2D eigenvalue weighted by molar-refractivity contribution is -0.136. The molecule has 0 saturated carbocycles. The fourth-order valence-corrected chi connectivity index (χ4v) is 3.12. The molecule has 1 amide bonds. The van der Waals surface area contributed by atoms with Gasteiger partial charge in [-0.15, -0.1) is 0 Å². The van der Waals surface area contributed by atoms with Gasteiger partial charge in [-0.3, -0.25) is 9.59 Å². The second-order valence-electron chi connectivity index (χ2n) is 5.93. The SMILES string of the molecule is Cc1cc2ccccc2c(-c2cc(F)cc(C(N)=O)c2)c1CC(=O)O. The van der Waals surface area contributed by atoms with E-state index in [1.807, 2.05) is 37.3 Å². The smallest absolute Gasteiger partial charge is 0.307 e. The maximum Gasteiger partial charge on any atom is 0.307 e. The Kier molecular flexibility index (Phi) is 4.23. The fraction of sp³-hybridized carbons (Fsp3) is 0.100. The molecule has 0 aliphatic heterocycles. The maximum absolute atomic E-state index is 14.0. The van der Waals surface area contributed by atoms with Gasteiger partial charge in [-0.1, -0.05) is 30.3 Å². The van der Waals surface area contributed by atoms with Crippen molar-refractivity contribution in [2.75, 3.05) is 0 Å². The average Bonchev–Trinajstić information content (AvgIpc) is 2.54. The molecule has 25 heavy (non-hydrogen) atoms. The summed E-state index contributed by atoms with van der Waals surface area (Å²) in [6, 6.07) is 13.2. The fourth-order valence-electron chi connectivity index (χ4n) is 3.12. The Morgan fingerprint density at radius 3 is 2.52 bits per heavy atom. The van der Waals surface area contributed by atoms with E-state index in [1.165, 1.54) is 12.1 Å². The molecule has 5 heteroatoms. The summed E-state index contributed by atoms with van der Waals surface area (Å²) >= 11 is 0. The maximum atomic E-state index is 14.0. The Balaban J connectivity index is 2.41. The number of hydrogen-bond acceptors (Lipinski definition) is 2. The zero-order chi connectivity index (χ0) is 18.1. The van der Waals surface area contributed by atoms with Crippen LogP contribution in [0, 0.1) is 12.7 Å². The number of amides is 1. The molecule has 0 spiro atoms. The lowest BCUT2D eigenvalue weighted by Gasteiger charge is -2.16. The monoisotopic (exact) mass is 337 g/mol. The average molecular weight is 337 g/mol. The lowest BCUT2D eigenvalue weighted by Crippen LogP contribution is -2.11. The van der Waals surface area contributed by atoms with Crippen molar-refractivity contribution in [3.8, 4) is 11.1 Å². The van der Waals surface area contributed by atoms with Gasteiger partial charge in [0.15, 0.2) is 0 Å². The highest BCUT2D eigenvalue weighted by Crippen LogP contribution is 2.35. The molecule has 0 aliphatic carbocycles. The summed E-state index contributed by atoms with van der Waals surface area (Å²) in [5.74, 6) is -2.32. The van der Waals surface area contributed by atoms with Gasteiger partial charge in [-0.05, 0) is 58.1 Å². The number of nitrogens with two attached hydrogens (primary N) is 1. The minimum absolute atomic E-state index is 0.0434. The van der Waals surface area contributed by atoms with Crippen LogP contribution in [0.5, 0.6) is 0 Å². The molecule has 3 rings (SSSR count). The van der Waals surface area contributed by atoms with E-state index in [0.717, 1.165) is 22.4 Å². The topological polar surface area (TPSA) is 80.4 Å². The number of aryl methyl sites for hydroxylation is 1. The summed E-state index contributed by atoms with van der Waals surface area (Å²) in [4.78, 5) is 22.8. The van der Waals surface area contributed by atoms with Crippen molar-refractivity contribution in [1.82, 2.24) is 0 Å². The number of hydrogen-bond donors (Lipinski definition) is 2. The molecule has 0 bridgehead atoms. The molecular formula is C20H16FNO3. The Morgan fingerprint density at radius 2 is 1.84 bits per heavy atom. The van der Waals surface area contributed by atoms with Crippen molar-refractivity contribution in [3.05, 3.63) is 71.0 Å². The molecule has 0 unspecified atom stereocenters. The predicted octanol–water partition coefficient (Wildman–Crippen LogP) is 3.68. The molecule has 0 aliphatic rings. The quantitative estimate of drug-likeness (QED) is 0.762. The van der Waals surface area contributed by atoms with Gasteiger partial charge in [-0.2, -0.15) is 0 Å². The molecule has 4 nitrogen and oxygen atoms in total. The summed E-state index contributed by atoms with van der Waals surface area (Å²) in [5.41, 5.74) is 7.76. The van der Waals surface area contributed by atoms with Gasteiger partial charge < -0.3 is 10.8 Å². The Morgan fingerprint density at radius 1 is 1.12 bits per heavy atom. The van der Waals surface area contributed by atoms with Crippen molar-refractivity contribution in [2.24, 2.45) is 5.73 Å². The van der Waals surface area contributed by atoms with Crippen LogP contribution in [-0.2, 0) is 11.2 Å². The molecule has 0 aromatic heterocycles. The van der Waals surface area contributed by atoms with Crippen molar-refractivity contribution in [2.45, 2.75) is 13.3 Å². The molecule has 0 fully saturated rings. The van der Waals surface area contributed by atoms with Gasteiger partial charge in [0.1, 0.15) is 5.82 Å². The van der Waals surface area contributed by atoms with Crippen LogP contribution >= 0.6 is 0 Å². The zero-order valence-corrected chi connectivity index (χ0v) is 13.5. The van der Waals surface area contributed by atoms with E-state index in [0.29, 0.717) is 16.7 Å². The van der Waals surface area contributed by atoms with E-state index >= 15 is 0 Å². The number of carbonyl (C=O) groups excluding carboxylic acids is 1. The second kappa shape index (κ2) is 6.36. The molecule has 126 valence electrons. The highest BCUT2D eigenvalue weighted by molar-refractivity contribution is 6.02. The van der Waals surface area contributed by atoms with Crippen LogP contribution in [0.2, 0.25) is 0 Å². The van der Waals surface area contributed by atoms with Crippen molar-refractivity contribution >= 4 is 22.6 Å². The highest BCUT2D eigenvalue weighted by Gasteiger charge is 2.17. The first-order chi connectivity index (χ1) is 11.9. The van der Waals surface area contributed by atoms with Crippen LogP contribution in [0.3, 0.4) is 0 Å². The van der Waals surface area contributed by atoms with Gasteiger partial charge in [0, 0.05) is 5.56 Å². The number of carboxylic acids is 1. The van der Waals surface area contributed by atoms with Crippen LogP contribution in [0.1, 0.15) is 21.5 Å². The number of fused-ring (bicyclic) bond motifs is 1. The number of aliphatic carboxylic acids is 1. The summed E-state index contributed by atoms with van der Waals surface area (Å²) < 4.78 is 14.0. The van der Waals surface area contributed by atoms with E-state index in [4.69, 9.17) is 5.73 Å².